The normalized spacial score (nSPS) is 13.4. The molecule has 1 aromatic rings. The summed E-state index contributed by atoms with van der Waals surface area (Å²) in [6, 6.07) is 5.39. The number of anilines is 1. The molecule has 5 nitrogen and oxygen atoms in total. The molecule has 5 N–H and O–H groups in total. The molecule has 2 radical (unpaired) electrons. The minimum atomic E-state index is -0.227. The first-order valence-electron chi connectivity index (χ1n) is 5.84. The quantitative estimate of drug-likeness (QED) is 0.542. The van der Waals surface area contributed by atoms with Gasteiger partial charge in [-0.3, -0.25) is 10.2 Å². The third kappa shape index (κ3) is 2.14. The maximum Gasteiger partial charge on any atom is 0.271 e. The second-order valence-corrected chi connectivity index (χ2v) is 4.06. The molecule has 0 saturated heterocycles. The van der Waals surface area contributed by atoms with E-state index in [1.807, 2.05) is 13.0 Å². The molecule has 1 aliphatic heterocycles. The number of carbonyl (C=O) groups is 1. The van der Waals surface area contributed by atoms with E-state index < -0.39 is 0 Å². The maximum atomic E-state index is 11.9. The zero-order valence-electron chi connectivity index (χ0n) is 10.2. The number of hydrazine groups is 1. The van der Waals surface area contributed by atoms with Crippen LogP contribution in [-0.4, -0.2) is 20.3 Å². The predicted octanol–water partition coefficient (Wildman–Crippen LogP) is -0.436. The van der Waals surface area contributed by atoms with E-state index in [4.69, 9.17) is 13.6 Å². The molecule has 1 amide bonds. The fourth-order valence-electron chi connectivity index (χ4n) is 1.77. The molecular formula is C12H15BN4O. The highest BCUT2D eigenvalue weighted by atomic mass is 16.2. The second kappa shape index (κ2) is 5.04. The number of carbonyl (C=O) groups excluding carboxylic acids is 1. The molecule has 2 rings (SSSR count). The van der Waals surface area contributed by atoms with Crippen molar-refractivity contribution in [1.82, 2.24) is 10.7 Å². The Labute approximate surface area is 107 Å². The van der Waals surface area contributed by atoms with E-state index in [9.17, 15) is 4.79 Å². The van der Waals surface area contributed by atoms with E-state index in [1.165, 1.54) is 0 Å². The lowest BCUT2D eigenvalue weighted by Crippen LogP contribution is -2.40. The SMILES string of the molecule is [B]c1cccc2c1NNC(C(=O)NCCC)=C2N. The number of rotatable bonds is 3. The van der Waals surface area contributed by atoms with Crippen LogP contribution >= 0.6 is 0 Å². The highest BCUT2D eigenvalue weighted by Crippen LogP contribution is 2.23. The third-order valence-corrected chi connectivity index (χ3v) is 2.73. The van der Waals surface area contributed by atoms with Gasteiger partial charge in [-0.25, -0.2) is 0 Å². The van der Waals surface area contributed by atoms with E-state index in [1.54, 1.807) is 12.1 Å². The van der Waals surface area contributed by atoms with Crippen LogP contribution in [0.1, 0.15) is 18.9 Å². The van der Waals surface area contributed by atoms with Crippen LogP contribution in [0.3, 0.4) is 0 Å². The van der Waals surface area contributed by atoms with Crippen molar-refractivity contribution in [3.05, 3.63) is 29.5 Å². The number of para-hydroxylation sites is 1. The Morgan fingerprint density at radius 3 is 2.94 bits per heavy atom. The zero-order valence-corrected chi connectivity index (χ0v) is 10.2. The average Bonchev–Trinajstić information content (AvgIpc) is 2.37. The van der Waals surface area contributed by atoms with Crippen molar-refractivity contribution in [1.29, 1.82) is 0 Å². The van der Waals surface area contributed by atoms with Gasteiger partial charge in [-0.1, -0.05) is 30.6 Å². The summed E-state index contributed by atoms with van der Waals surface area (Å²) in [7, 11) is 5.82. The van der Waals surface area contributed by atoms with Crippen molar-refractivity contribution in [2.24, 2.45) is 5.73 Å². The molecule has 0 saturated carbocycles. The van der Waals surface area contributed by atoms with E-state index in [0.29, 0.717) is 29.1 Å². The summed E-state index contributed by atoms with van der Waals surface area (Å²) < 4.78 is 0. The summed E-state index contributed by atoms with van der Waals surface area (Å²) in [5, 5.41) is 2.77. The fourth-order valence-corrected chi connectivity index (χ4v) is 1.77. The summed E-state index contributed by atoms with van der Waals surface area (Å²) in [4.78, 5) is 11.9. The van der Waals surface area contributed by atoms with Crippen LogP contribution < -0.4 is 27.4 Å². The van der Waals surface area contributed by atoms with Crippen LogP contribution in [0, 0.1) is 0 Å². The lowest BCUT2D eigenvalue weighted by molar-refractivity contribution is -0.117. The van der Waals surface area contributed by atoms with Crippen molar-refractivity contribution in [3.8, 4) is 0 Å². The van der Waals surface area contributed by atoms with Gasteiger partial charge < -0.3 is 16.5 Å². The standard InChI is InChI=1S/C12H15BN4O/c1-2-6-15-12(18)11-9(14)7-4-3-5-8(13)10(7)16-17-11/h3-5,16-17H,2,6,14H2,1H3,(H,15,18). The van der Waals surface area contributed by atoms with Gasteiger partial charge in [0.1, 0.15) is 13.5 Å². The van der Waals surface area contributed by atoms with Crippen LogP contribution in [0.4, 0.5) is 5.69 Å². The smallest absolute Gasteiger partial charge is 0.271 e. The Kier molecular flexibility index (Phi) is 3.46. The number of nitrogens with one attached hydrogen (secondary N) is 3. The number of hydrogen-bond acceptors (Lipinski definition) is 4. The van der Waals surface area contributed by atoms with Gasteiger partial charge in [0.2, 0.25) is 0 Å². The molecule has 92 valence electrons. The van der Waals surface area contributed by atoms with Gasteiger partial charge in [0.25, 0.3) is 5.91 Å². The molecule has 1 aliphatic rings. The van der Waals surface area contributed by atoms with Crippen LogP contribution in [0.2, 0.25) is 0 Å². The van der Waals surface area contributed by atoms with Crippen LogP contribution in [0.5, 0.6) is 0 Å². The Morgan fingerprint density at radius 2 is 2.22 bits per heavy atom. The molecule has 0 bridgehead atoms. The van der Waals surface area contributed by atoms with E-state index in [2.05, 4.69) is 16.2 Å². The van der Waals surface area contributed by atoms with Gasteiger partial charge >= 0.3 is 0 Å². The van der Waals surface area contributed by atoms with Gasteiger partial charge in [0.05, 0.1) is 11.4 Å². The van der Waals surface area contributed by atoms with Crippen molar-refractivity contribution in [2.75, 3.05) is 12.0 Å². The molecule has 1 heterocycles. The molecule has 0 unspecified atom stereocenters. The van der Waals surface area contributed by atoms with Crippen LogP contribution in [0.15, 0.2) is 23.9 Å². The first-order valence-corrected chi connectivity index (χ1v) is 5.84. The van der Waals surface area contributed by atoms with Crippen molar-refractivity contribution < 1.29 is 4.79 Å². The number of fused-ring (bicyclic) bond motifs is 1. The Bertz CT molecular complexity index is 513. The second-order valence-electron chi connectivity index (χ2n) is 4.06. The lowest BCUT2D eigenvalue weighted by atomic mass is 9.90. The molecule has 1 aromatic carbocycles. The molecule has 0 aromatic heterocycles. The number of hydrogen-bond donors (Lipinski definition) is 4. The Hall–Kier alpha value is -2.11. The van der Waals surface area contributed by atoms with E-state index in [0.717, 1.165) is 12.0 Å². The molecule has 0 atom stereocenters. The maximum absolute atomic E-state index is 11.9. The van der Waals surface area contributed by atoms with Crippen LogP contribution in [-0.2, 0) is 4.79 Å². The Balaban J connectivity index is 2.34. The van der Waals surface area contributed by atoms with Crippen LogP contribution in [0.25, 0.3) is 5.70 Å². The summed E-state index contributed by atoms with van der Waals surface area (Å²) in [5.74, 6) is -0.227. The summed E-state index contributed by atoms with van der Waals surface area (Å²) in [5.41, 5.74) is 14.4. The van der Waals surface area contributed by atoms with Crippen molar-refractivity contribution in [2.45, 2.75) is 13.3 Å². The third-order valence-electron chi connectivity index (χ3n) is 2.73. The van der Waals surface area contributed by atoms with Crippen molar-refractivity contribution >= 4 is 30.6 Å². The highest BCUT2D eigenvalue weighted by Gasteiger charge is 2.21. The zero-order chi connectivity index (χ0) is 13.1. The Morgan fingerprint density at radius 1 is 1.44 bits per heavy atom. The predicted molar refractivity (Wildman–Crippen MR) is 73.0 cm³/mol. The molecule has 6 heteroatoms. The first kappa shape index (κ1) is 12.4. The van der Waals surface area contributed by atoms with E-state index >= 15 is 0 Å². The summed E-state index contributed by atoms with van der Waals surface area (Å²) in [6.07, 6.45) is 0.871. The molecule has 0 spiro atoms. The molecule has 0 fully saturated rings. The molecule has 18 heavy (non-hydrogen) atoms. The van der Waals surface area contributed by atoms with Gasteiger partial charge in [-0.2, -0.15) is 0 Å². The number of nitrogens with two attached hydrogens (primary N) is 1. The topological polar surface area (TPSA) is 79.2 Å². The fraction of sp³-hybridized carbons (Fsp3) is 0.250. The van der Waals surface area contributed by atoms with E-state index in [-0.39, 0.29) is 5.91 Å². The van der Waals surface area contributed by atoms with Gasteiger partial charge in [0.15, 0.2) is 0 Å². The summed E-state index contributed by atoms with van der Waals surface area (Å²) in [6.45, 7) is 2.60. The van der Waals surface area contributed by atoms with Crippen molar-refractivity contribution in [3.63, 3.8) is 0 Å². The minimum Gasteiger partial charge on any atom is -0.396 e. The monoisotopic (exact) mass is 242 g/mol. The first-order chi connectivity index (χ1) is 8.65. The summed E-state index contributed by atoms with van der Waals surface area (Å²) >= 11 is 0. The number of amides is 1. The molecular weight excluding hydrogens is 227 g/mol. The largest absolute Gasteiger partial charge is 0.396 e. The average molecular weight is 242 g/mol. The van der Waals surface area contributed by atoms with Gasteiger partial charge in [-0.15, -0.1) is 0 Å². The lowest BCUT2D eigenvalue weighted by Gasteiger charge is -2.25. The van der Waals surface area contributed by atoms with Gasteiger partial charge in [-0.05, 0) is 6.42 Å². The minimum absolute atomic E-state index is 0.227. The highest BCUT2D eigenvalue weighted by molar-refractivity contribution is 6.36. The number of benzene rings is 1. The van der Waals surface area contributed by atoms with Gasteiger partial charge in [0, 0.05) is 12.1 Å². The molecule has 0 aliphatic carbocycles.